The lowest BCUT2D eigenvalue weighted by Crippen LogP contribution is -2.05. The van der Waals surface area contributed by atoms with Crippen LogP contribution in [-0.4, -0.2) is 0 Å². The minimum absolute atomic E-state index is 1.03. The normalized spacial score (nSPS) is 13.2. The van der Waals surface area contributed by atoms with Crippen molar-refractivity contribution in [3.8, 4) is 0 Å². The predicted molar refractivity (Wildman–Crippen MR) is 68.6 cm³/mol. The monoisotopic (exact) mass is 206 g/mol. The fraction of sp³-hybridized carbons (Fsp3) is 0.125. The molecule has 16 heavy (non-hydrogen) atoms. The average Bonchev–Trinajstić information content (AvgIpc) is 2.31. The van der Waals surface area contributed by atoms with Crippen LogP contribution in [0, 0.1) is 6.92 Å². The lowest BCUT2D eigenvalue weighted by atomic mass is 9.82. The Morgan fingerprint density at radius 3 is 2.56 bits per heavy atom. The zero-order chi connectivity index (χ0) is 11.1. The predicted octanol–water partition coefficient (Wildman–Crippen LogP) is 3.96. The van der Waals surface area contributed by atoms with Crippen LogP contribution in [0.1, 0.15) is 27.8 Å². The number of aryl methyl sites for hydroxylation is 1. The number of hydrogen-bond acceptors (Lipinski definition) is 0. The van der Waals surface area contributed by atoms with Crippen molar-refractivity contribution in [2.75, 3.05) is 0 Å². The van der Waals surface area contributed by atoms with Crippen molar-refractivity contribution in [1.29, 1.82) is 0 Å². The van der Waals surface area contributed by atoms with Gasteiger partial charge in [-0.3, -0.25) is 0 Å². The molecule has 0 amide bonds. The summed E-state index contributed by atoms with van der Waals surface area (Å²) in [7, 11) is 0. The minimum Gasteiger partial charge on any atom is -0.0905 e. The highest BCUT2D eigenvalue weighted by Crippen LogP contribution is 2.34. The van der Waals surface area contributed by atoms with Crippen LogP contribution in [0.5, 0.6) is 0 Å². The van der Waals surface area contributed by atoms with Gasteiger partial charge in [-0.25, -0.2) is 0 Å². The highest BCUT2D eigenvalue weighted by molar-refractivity contribution is 5.84. The highest BCUT2D eigenvalue weighted by Gasteiger charge is 2.17. The zero-order valence-electron chi connectivity index (χ0n) is 9.46. The summed E-state index contributed by atoms with van der Waals surface area (Å²) < 4.78 is 0. The lowest BCUT2D eigenvalue weighted by molar-refractivity contribution is 1.13. The quantitative estimate of drug-likeness (QED) is 0.522. The first-order valence-electron chi connectivity index (χ1n) is 5.63. The van der Waals surface area contributed by atoms with Gasteiger partial charge < -0.3 is 0 Å². The Hall–Kier alpha value is -1.82. The second kappa shape index (κ2) is 3.34. The Labute approximate surface area is 96.3 Å². The van der Waals surface area contributed by atoms with Gasteiger partial charge in [0.2, 0.25) is 0 Å². The summed E-state index contributed by atoms with van der Waals surface area (Å²) >= 11 is 0. The Morgan fingerprint density at radius 2 is 1.69 bits per heavy atom. The first-order chi connectivity index (χ1) is 7.75. The molecule has 2 aromatic rings. The van der Waals surface area contributed by atoms with Gasteiger partial charge in [-0.15, -0.1) is 0 Å². The van der Waals surface area contributed by atoms with Gasteiger partial charge in [0.1, 0.15) is 0 Å². The third kappa shape index (κ3) is 1.30. The van der Waals surface area contributed by atoms with E-state index in [1.807, 2.05) is 0 Å². The molecular formula is C16H14. The first kappa shape index (κ1) is 9.41. The van der Waals surface area contributed by atoms with E-state index in [2.05, 4.69) is 56.0 Å². The van der Waals surface area contributed by atoms with Crippen molar-refractivity contribution in [3.63, 3.8) is 0 Å². The summed E-state index contributed by atoms with van der Waals surface area (Å²) in [6.07, 6.45) is 1.03. The largest absolute Gasteiger partial charge is 0.0905 e. The number of rotatable bonds is 0. The van der Waals surface area contributed by atoms with Gasteiger partial charge in [0.05, 0.1) is 0 Å². The molecule has 0 radical (unpaired) electrons. The summed E-state index contributed by atoms with van der Waals surface area (Å²) in [6, 6.07) is 15.2. The van der Waals surface area contributed by atoms with Crippen molar-refractivity contribution in [2.24, 2.45) is 0 Å². The smallest absolute Gasteiger partial charge is 0.00135 e. The van der Waals surface area contributed by atoms with E-state index in [1.54, 1.807) is 0 Å². The van der Waals surface area contributed by atoms with Crippen molar-refractivity contribution in [1.82, 2.24) is 0 Å². The third-order valence-corrected chi connectivity index (χ3v) is 3.31. The van der Waals surface area contributed by atoms with Crippen LogP contribution in [-0.2, 0) is 6.42 Å². The first-order valence-corrected chi connectivity index (χ1v) is 5.63. The van der Waals surface area contributed by atoms with Crippen LogP contribution in [0.3, 0.4) is 0 Å². The van der Waals surface area contributed by atoms with Gasteiger partial charge in [-0.2, -0.15) is 0 Å². The Balaban J connectivity index is 2.23. The summed E-state index contributed by atoms with van der Waals surface area (Å²) in [5.74, 6) is 0. The van der Waals surface area contributed by atoms with Gasteiger partial charge in [0.15, 0.2) is 0 Å². The van der Waals surface area contributed by atoms with E-state index in [0.29, 0.717) is 0 Å². The molecule has 1 aliphatic carbocycles. The molecular weight excluding hydrogens is 192 g/mol. The summed E-state index contributed by atoms with van der Waals surface area (Å²) in [5, 5.41) is 0. The molecule has 0 heterocycles. The molecule has 2 aromatic carbocycles. The van der Waals surface area contributed by atoms with E-state index in [9.17, 15) is 0 Å². The minimum atomic E-state index is 1.03. The third-order valence-electron chi connectivity index (χ3n) is 3.31. The van der Waals surface area contributed by atoms with Crippen LogP contribution in [0.2, 0.25) is 0 Å². The Bertz CT molecular complexity index is 576. The molecule has 0 nitrogen and oxygen atoms in total. The van der Waals surface area contributed by atoms with Crippen LogP contribution < -0.4 is 0 Å². The molecule has 1 aliphatic rings. The summed E-state index contributed by atoms with van der Waals surface area (Å²) in [5.41, 5.74) is 7.89. The van der Waals surface area contributed by atoms with Crippen molar-refractivity contribution < 1.29 is 0 Å². The Morgan fingerprint density at radius 1 is 0.938 bits per heavy atom. The standard InChI is InChI=1S/C16H14/c1-11-7-8-14-10-13-5-3-4-6-15(13)12(2)16(14)9-11/h3-9H,2,10H2,1H3. The van der Waals surface area contributed by atoms with Gasteiger partial charge >= 0.3 is 0 Å². The fourth-order valence-electron chi connectivity index (χ4n) is 2.44. The molecule has 0 bridgehead atoms. The maximum Gasteiger partial charge on any atom is -0.00135 e. The van der Waals surface area contributed by atoms with Crippen LogP contribution in [0.25, 0.3) is 5.57 Å². The van der Waals surface area contributed by atoms with Crippen LogP contribution in [0.4, 0.5) is 0 Å². The molecule has 0 spiro atoms. The van der Waals surface area contributed by atoms with E-state index in [0.717, 1.165) is 6.42 Å². The Kier molecular flexibility index (Phi) is 1.97. The second-order valence-electron chi connectivity index (χ2n) is 4.47. The molecule has 0 aromatic heterocycles. The maximum absolute atomic E-state index is 4.24. The summed E-state index contributed by atoms with van der Waals surface area (Å²) in [4.78, 5) is 0. The lowest BCUT2D eigenvalue weighted by Gasteiger charge is -2.22. The van der Waals surface area contributed by atoms with Gasteiger partial charge in [0, 0.05) is 0 Å². The summed E-state index contributed by atoms with van der Waals surface area (Å²) in [6.45, 7) is 6.37. The maximum atomic E-state index is 4.24. The topological polar surface area (TPSA) is 0 Å². The van der Waals surface area contributed by atoms with Crippen molar-refractivity contribution in [2.45, 2.75) is 13.3 Å². The van der Waals surface area contributed by atoms with E-state index in [1.165, 1.54) is 33.4 Å². The molecule has 78 valence electrons. The molecule has 0 aliphatic heterocycles. The fourth-order valence-corrected chi connectivity index (χ4v) is 2.44. The van der Waals surface area contributed by atoms with Crippen molar-refractivity contribution in [3.05, 3.63) is 76.9 Å². The van der Waals surface area contributed by atoms with E-state index in [4.69, 9.17) is 0 Å². The van der Waals surface area contributed by atoms with Crippen molar-refractivity contribution >= 4 is 5.57 Å². The molecule has 0 heteroatoms. The molecule has 0 saturated carbocycles. The zero-order valence-corrected chi connectivity index (χ0v) is 9.46. The van der Waals surface area contributed by atoms with Gasteiger partial charge in [-0.1, -0.05) is 54.6 Å². The molecule has 0 saturated heterocycles. The molecule has 0 unspecified atom stereocenters. The molecule has 0 fully saturated rings. The van der Waals surface area contributed by atoms with Gasteiger partial charge in [-0.05, 0) is 41.2 Å². The van der Waals surface area contributed by atoms with E-state index < -0.39 is 0 Å². The van der Waals surface area contributed by atoms with Gasteiger partial charge in [0.25, 0.3) is 0 Å². The number of benzene rings is 2. The van der Waals surface area contributed by atoms with E-state index in [-0.39, 0.29) is 0 Å². The molecule has 0 N–H and O–H groups in total. The van der Waals surface area contributed by atoms with Crippen LogP contribution in [0.15, 0.2) is 49.0 Å². The highest BCUT2D eigenvalue weighted by atomic mass is 14.2. The molecule has 0 atom stereocenters. The number of fused-ring (bicyclic) bond motifs is 2. The second-order valence-corrected chi connectivity index (χ2v) is 4.47. The SMILES string of the molecule is C=C1c2ccccc2Cc2ccc(C)cc21. The van der Waals surface area contributed by atoms with E-state index >= 15 is 0 Å². The number of hydrogen-bond donors (Lipinski definition) is 0. The molecule has 3 rings (SSSR count). The van der Waals surface area contributed by atoms with Crippen LogP contribution >= 0.6 is 0 Å². The average molecular weight is 206 g/mol.